The predicted octanol–water partition coefficient (Wildman–Crippen LogP) is 1.93. The second-order valence-electron chi connectivity index (χ2n) is 4.86. The van der Waals surface area contributed by atoms with Gasteiger partial charge in [0.05, 0.1) is 12.7 Å². The van der Waals surface area contributed by atoms with Crippen molar-refractivity contribution in [3.8, 4) is 0 Å². The van der Waals surface area contributed by atoms with E-state index in [1.54, 1.807) is 6.20 Å². The van der Waals surface area contributed by atoms with Crippen LogP contribution in [0.25, 0.3) is 0 Å². The van der Waals surface area contributed by atoms with E-state index in [1.165, 1.54) is 0 Å². The van der Waals surface area contributed by atoms with Crippen molar-refractivity contribution in [3.05, 3.63) is 22.3 Å². The minimum absolute atomic E-state index is 0.00188. The first-order chi connectivity index (χ1) is 8.61. The monoisotopic (exact) mass is 314 g/mol. The number of piperidine rings is 1. The van der Waals surface area contributed by atoms with Gasteiger partial charge in [-0.2, -0.15) is 0 Å². The van der Waals surface area contributed by atoms with Crippen LogP contribution in [0.1, 0.15) is 25.3 Å². The average molecular weight is 315 g/mol. The smallest absolute Gasteiger partial charge is 0.134 e. The molecule has 1 saturated heterocycles. The maximum atomic E-state index is 9.59. The van der Waals surface area contributed by atoms with E-state index >= 15 is 0 Å². The molecule has 1 fully saturated rings. The molecular formula is C13H19BrN2O2. The van der Waals surface area contributed by atoms with Gasteiger partial charge >= 0.3 is 0 Å². The molecule has 4 nitrogen and oxygen atoms in total. The molecule has 5 heteroatoms. The summed E-state index contributed by atoms with van der Waals surface area (Å²) in [5, 5.41) is 19.0. The molecule has 0 radical (unpaired) electrons. The lowest BCUT2D eigenvalue weighted by Crippen LogP contribution is -2.38. The lowest BCUT2D eigenvalue weighted by atomic mass is 9.92. The minimum atomic E-state index is -0.234. The van der Waals surface area contributed by atoms with Crippen LogP contribution in [0.3, 0.4) is 0 Å². The average Bonchev–Trinajstić information content (AvgIpc) is 2.38. The summed E-state index contributed by atoms with van der Waals surface area (Å²) >= 11 is 3.36. The van der Waals surface area contributed by atoms with Gasteiger partial charge in [0.15, 0.2) is 0 Å². The Morgan fingerprint density at radius 1 is 1.50 bits per heavy atom. The first-order valence-electron chi connectivity index (χ1n) is 6.30. The van der Waals surface area contributed by atoms with Crippen molar-refractivity contribution in [2.45, 2.75) is 32.5 Å². The van der Waals surface area contributed by atoms with Gasteiger partial charge in [-0.3, -0.25) is 0 Å². The van der Waals surface area contributed by atoms with Crippen LogP contribution in [0, 0.1) is 5.92 Å². The Hall–Kier alpha value is -0.650. The van der Waals surface area contributed by atoms with Crippen LogP contribution in [-0.4, -0.2) is 34.4 Å². The van der Waals surface area contributed by atoms with Crippen molar-refractivity contribution < 1.29 is 10.2 Å². The molecule has 1 unspecified atom stereocenters. The van der Waals surface area contributed by atoms with Gasteiger partial charge in [-0.1, -0.05) is 0 Å². The van der Waals surface area contributed by atoms with Crippen molar-refractivity contribution >= 4 is 21.7 Å². The number of rotatable bonds is 3. The zero-order valence-corrected chi connectivity index (χ0v) is 12.1. The Labute approximate surface area is 116 Å². The van der Waals surface area contributed by atoms with Crippen LogP contribution in [-0.2, 0) is 6.61 Å². The van der Waals surface area contributed by atoms with E-state index in [4.69, 9.17) is 0 Å². The standard InChI is InChI=1S/C13H19BrN2O2/c1-9(18)10-2-4-16(5-3-10)13-11(8-17)6-12(14)7-15-13/h6-7,9-10,17-18H,2-5,8H2,1H3. The minimum Gasteiger partial charge on any atom is -0.393 e. The quantitative estimate of drug-likeness (QED) is 0.895. The summed E-state index contributed by atoms with van der Waals surface area (Å²) in [6.45, 7) is 3.63. The molecule has 1 aromatic rings. The third-order valence-electron chi connectivity index (χ3n) is 3.60. The Morgan fingerprint density at radius 2 is 2.17 bits per heavy atom. The highest BCUT2D eigenvalue weighted by Gasteiger charge is 2.24. The van der Waals surface area contributed by atoms with Crippen LogP contribution in [0.5, 0.6) is 0 Å². The number of nitrogens with zero attached hydrogens (tertiary/aromatic N) is 2. The normalized spacial score (nSPS) is 19.0. The van der Waals surface area contributed by atoms with E-state index in [2.05, 4.69) is 25.8 Å². The van der Waals surface area contributed by atoms with E-state index in [0.29, 0.717) is 5.92 Å². The van der Waals surface area contributed by atoms with Gasteiger partial charge in [0.25, 0.3) is 0 Å². The summed E-state index contributed by atoms with van der Waals surface area (Å²) < 4.78 is 0.883. The molecule has 2 rings (SSSR count). The van der Waals surface area contributed by atoms with Crippen molar-refractivity contribution in [3.63, 3.8) is 0 Å². The Morgan fingerprint density at radius 3 is 2.72 bits per heavy atom. The summed E-state index contributed by atoms with van der Waals surface area (Å²) in [7, 11) is 0. The van der Waals surface area contributed by atoms with Crippen LogP contribution >= 0.6 is 15.9 Å². The largest absolute Gasteiger partial charge is 0.393 e. The molecule has 100 valence electrons. The second kappa shape index (κ2) is 5.99. The fraction of sp³-hybridized carbons (Fsp3) is 0.615. The van der Waals surface area contributed by atoms with Crippen LogP contribution < -0.4 is 4.90 Å². The van der Waals surface area contributed by atoms with Gasteiger partial charge in [0, 0.05) is 29.3 Å². The van der Waals surface area contributed by atoms with Gasteiger partial charge in [0.2, 0.25) is 0 Å². The number of aliphatic hydroxyl groups excluding tert-OH is 2. The molecular weight excluding hydrogens is 296 g/mol. The van der Waals surface area contributed by atoms with Gasteiger partial charge < -0.3 is 15.1 Å². The highest BCUT2D eigenvalue weighted by atomic mass is 79.9. The lowest BCUT2D eigenvalue weighted by Gasteiger charge is -2.34. The number of hydrogen-bond donors (Lipinski definition) is 2. The van der Waals surface area contributed by atoms with Crippen LogP contribution in [0.4, 0.5) is 5.82 Å². The predicted molar refractivity (Wildman–Crippen MR) is 74.5 cm³/mol. The van der Waals surface area contributed by atoms with E-state index in [-0.39, 0.29) is 12.7 Å². The molecule has 0 amide bonds. The third-order valence-corrected chi connectivity index (χ3v) is 4.03. The van der Waals surface area contributed by atoms with Crippen LogP contribution in [0.15, 0.2) is 16.7 Å². The Balaban J connectivity index is 2.09. The second-order valence-corrected chi connectivity index (χ2v) is 5.78. The zero-order valence-electron chi connectivity index (χ0n) is 10.5. The molecule has 2 heterocycles. The highest BCUT2D eigenvalue weighted by molar-refractivity contribution is 9.10. The molecule has 0 aliphatic carbocycles. The van der Waals surface area contributed by atoms with Gasteiger partial charge in [-0.15, -0.1) is 0 Å². The Bertz CT molecular complexity index is 404. The fourth-order valence-corrected chi connectivity index (χ4v) is 2.85. The number of anilines is 1. The van der Waals surface area contributed by atoms with E-state index in [0.717, 1.165) is 41.8 Å². The zero-order chi connectivity index (χ0) is 13.1. The first kappa shape index (κ1) is 13.8. The molecule has 0 spiro atoms. The number of hydrogen-bond acceptors (Lipinski definition) is 4. The molecule has 1 aliphatic heterocycles. The van der Waals surface area contributed by atoms with Crippen molar-refractivity contribution in [1.29, 1.82) is 0 Å². The van der Waals surface area contributed by atoms with Crippen LogP contribution in [0.2, 0.25) is 0 Å². The van der Waals surface area contributed by atoms with E-state index in [9.17, 15) is 10.2 Å². The fourth-order valence-electron chi connectivity index (χ4n) is 2.47. The molecule has 1 atom stereocenters. The van der Waals surface area contributed by atoms with E-state index in [1.807, 2.05) is 13.0 Å². The maximum absolute atomic E-state index is 9.59. The molecule has 1 aliphatic rings. The molecule has 0 aromatic carbocycles. The summed E-state index contributed by atoms with van der Waals surface area (Å²) in [5.74, 6) is 1.25. The molecule has 0 saturated carbocycles. The lowest BCUT2D eigenvalue weighted by molar-refractivity contribution is 0.109. The summed E-state index contributed by atoms with van der Waals surface area (Å²) in [4.78, 5) is 6.59. The number of aromatic nitrogens is 1. The van der Waals surface area contributed by atoms with Crippen molar-refractivity contribution in [2.75, 3.05) is 18.0 Å². The molecule has 2 N–H and O–H groups in total. The molecule has 1 aromatic heterocycles. The van der Waals surface area contributed by atoms with Gasteiger partial charge in [0.1, 0.15) is 5.82 Å². The molecule has 0 bridgehead atoms. The SMILES string of the molecule is CC(O)C1CCN(c2ncc(Br)cc2CO)CC1. The summed E-state index contributed by atoms with van der Waals surface area (Å²) in [5.41, 5.74) is 0.847. The summed E-state index contributed by atoms with van der Waals surface area (Å²) in [6.07, 6.45) is 3.47. The maximum Gasteiger partial charge on any atom is 0.134 e. The number of halogens is 1. The third kappa shape index (κ3) is 3.02. The van der Waals surface area contributed by atoms with Crippen molar-refractivity contribution in [1.82, 2.24) is 4.98 Å². The molecule has 18 heavy (non-hydrogen) atoms. The number of pyridine rings is 1. The Kier molecular flexibility index (Phi) is 4.59. The van der Waals surface area contributed by atoms with Crippen molar-refractivity contribution in [2.24, 2.45) is 5.92 Å². The topological polar surface area (TPSA) is 56.6 Å². The van der Waals surface area contributed by atoms with E-state index < -0.39 is 0 Å². The summed E-state index contributed by atoms with van der Waals surface area (Å²) in [6, 6.07) is 1.91. The highest BCUT2D eigenvalue weighted by Crippen LogP contribution is 2.27. The first-order valence-corrected chi connectivity index (χ1v) is 7.09. The van der Waals surface area contributed by atoms with Gasteiger partial charge in [-0.05, 0) is 47.7 Å². The number of aliphatic hydroxyl groups is 2. The van der Waals surface area contributed by atoms with Gasteiger partial charge in [-0.25, -0.2) is 4.98 Å².